The van der Waals surface area contributed by atoms with E-state index in [1.165, 1.54) is 9.75 Å². The molecule has 1 aromatic rings. The highest BCUT2D eigenvalue weighted by atomic mass is 32.1. The van der Waals surface area contributed by atoms with Gasteiger partial charge in [0.2, 0.25) is 0 Å². The molecule has 0 aliphatic heterocycles. The molecule has 1 heterocycles. The van der Waals surface area contributed by atoms with Crippen molar-refractivity contribution in [1.82, 2.24) is 10.2 Å². The van der Waals surface area contributed by atoms with Crippen molar-refractivity contribution in [2.45, 2.75) is 13.1 Å². The summed E-state index contributed by atoms with van der Waals surface area (Å²) >= 11 is 1.86. The molecule has 1 aromatic heterocycles. The molecule has 0 radical (unpaired) electrons. The van der Waals surface area contributed by atoms with E-state index in [0.29, 0.717) is 0 Å². The molecule has 0 spiro atoms. The molecular formula is C13H20N2S. The van der Waals surface area contributed by atoms with Gasteiger partial charge in [-0.05, 0) is 19.2 Å². The van der Waals surface area contributed by atoms with Crippen molar-refractivity contribution < 1.29 is 0 Å². The summed E-state index contributed by atoms with van der Waals surface area (Å²) in [5, 5.41) is 3.17. The second kappa shape index (κ2) is 7.39. The fourth-order valence-electron chi connectivity index (χ4n) is 1.57. The number of nitrogens with one attached hydrogen (secondary N) is 1. The van der Waals surface area contributed by atoms with Crippen LogP contribution in [0.15, 0.2) is 37.4 Å². The standard InChI is InChI=1S/C13H20N2S/c1-4-8-15(9-5-2)11-13-7-6-12(16-13)10-14-3/h4-7,14H,1-2,8-11H2,3H3. The number of hydrogen-bond donors (Lipinski definition) is 1. The molecule has 0 aliphatic rings. The number of thiophene rings is 1. The van der Waals surface area contributed by atoms with Crippen LogP contribution in [0.25, 0.3) is 0 Å². The third-order valence-corrected chi connectivity index (χ3v) is 3.29. The van der Waals surface area contributed by atoms with Crippen LogP contribution in [0.3, 0.4) is 0 Å². The maximum atomic E-state index is 3.78. The Balaban J connectivity index is 2.54. The molecule has 16 heavy (non-hydrogen) atoms. The molecular weight excluding hydrogens is 216 g/mol. The van der Waals surface area contributed by atoms with Gasteiger partial charge in [-0.2, -0.15) is 0 Å². The van der Waals surface area contributed by atoms with E-state index >= 15 is 0 Å². The molecule has 0 saturated carbocycles. The lowest BCUT2D eigenvalue weighted by Gasteiger charge is -2.17. The van der Waals surface area contributed by atoms with Crippen molar-refractivity contribution >= 4 is 11.3 Å². The van der Waals surface area contributed by atoms with Crippen LogP contribution in [0.5, 0.6) is 0 Å². The molecule has 0 aliphatic carbocycles. The van der Waals surface area contributed by atoms with Crippen molar-refractivity contribution in [3.8, 4) is 0 Å². The predicted molar refractivity (Wildman–Crippen MR) is 72.8 cm³/mol. The lowest BCUT2D eigenvalue weighted by Crippen LogP contribution is -2.22. The van der Waals surface area contributed by atoms with Gasteiger partial charge in [0.1, 0.15) is 0 Å². The van der Waals surface area contributed by atoms with Gasteiger partial charge in [-0.25, -0.2) is 0 Å². The van der Waals surface area contributed by atoms with Gasteiger partial charge >= 0.3 is 0 Å². The number of hydrogen-bond acceptors (Lipinski definition) is 3. The van der Waals surface area contributed by atoms with E-state index in [1.54, 1.807) is 0 Å². The molecule has 2 nitrogen and oxygen atoms in total. The van der Waals surface area contributed by atoms with Crippen molar-refractivity contribution in [1.29, 1.82) is 0 Å². The Kier molecular flexibility index (Phi) is 6.08. The Labute approximate surface area is 102 Å². The lowest BCUT2D eigenvalue weighted by molar-refractivity contribution is 0.331. The molecule has 3 heteroatoms. The smallest absolute Gasteiger partial charge is 0.0334 e. The average molecular weight is 236 g/mol. The Morgan fingerprint density at radius 2 is 1.88 bits per heavy atom. The normalized spacial score (nSPS) is 10.6. The molecule has 0 atom stereocenters. The zero-order valence-corrected chi connectivity index (χ0v) is 10.7. The van der Waals surface area contributed by atoms with E-state index < -0.39 is 0 Å². The third-order valence-electron chi connectivity index (χ3n) is 2.22. The van der Waals surface area contributed by atoms with E-state index in [-0.39, 0.29) is 0 Å². The molecule has 1 N–H and O–H groups in total. The molecule has 0 fully saturated rings. The topological polar surface area (TPSA) is 15.3 Å². The monoisotopic (exact) mass is 236 g/mol. The van der Waals surface area contributed by atoms with E-state index in [0.717, 1.165) is 26.2 Å². The van der Waals surface area contributed by atoms with Gasteiger partial charge in [0.15, 0.2) is 0 Å². The largest absolute Gasteiger partial charge is 0.315 e. The van der Waals surface area contributed by atoms with E-state index in [2.05, 4.69) is 35.5 Å². The first-order valence-electron chi connectivity index (χ1n) is 5.46. The summed E-state index contributed by atoms with van der Waals surface area (Å²) in [5.41, 5.74) is 0. The predicted octanol–water partition coefficient (Wildman–Crippen LogP) is 2.64. The summed E-state index contributed by atoms with van der Waals surface area (Å²) in [6.45, 7) is 11.3. The Bertz CT molecular complexity index is 320. The van der Waals surface area contributed by atoms with Gasteiger partial charge in [-0.15, -0.1) is 24.5 Å². The Morgan fingerprint density at radius 3 is 2.44 bits per heavy atom. The molecule has 0 bridgehead atoms. The van der Waals surface area contributed by atoms with Crippen LogP contribution >= 0.6 is 11.3 Å². The van der Waals surface area contributed by atoms with Gasteiger partial charge in [-0.3, -0.25) is 4.90 Å². The highest BCUT2D eigenvalue weighted by Crippen LogP contribution is 2.18. The minimum atomic E-state index is 0.908. The average Bonchev–Trinajstić information content (AvgIpc) is 2.67. The minimum absolute atomic E-state index is 0.908. The molecule has 1 rings (SSSR count). The summed E-state index contributed by atoms with van der Waals surface area (Å²) in [6, 6.07) is 4.40. The van der Waals surface area contributed by atoms with Gasteiger partial charge in [0.05, 0.1) is 0 Å². The van der Waals surface area contributed by atoms with Crippen LogP contribution in [0.4, 0.5) is 0 Å². The zero-order valence-electron chi connectivity index (χ0n) is 9.91. The van der Waals surface area contributed by atoms with Crippen LogP contribution in [0.1, 0.15) is 9.75 Å². The molecule has 0 amide bonds. The highest BCUT2D eigenvalue weighted by molar-refractivity contribution is 7.11. The number of rotatable bonds is 8. The van der Waals surface area contributed by atoms with Gasteiger partial charge in [0, 0.05) is 35.9 Å². The fraction of sp³-hybridized carbons (Fsp3) is 0.385. The second-order valence-corrected chi connectivity index (χ2v) is 4.92. The Morgan fingerprint density at radius 1 is 1.25 bits per heavy atom. The van der Waals surface area contributed by atoms with Crippen molar-refractivity contribution in [2.24, 2.45) is 0 Å². The van der Waals surface area contributed by atoms with Crippen LogP contribution in [0.2, 0.25) is 0 Å². The summed E-state index contributed by atoms with van der Waals surface area (Å²) < 4.78 is 0. The summed E-state index contributed by atoms with van der Waals surface area (Å²) in [6.07, 6.45) is 3.87. The van der Waals surface area contributed by atoms with E-state index in [4.69, 9.17) is 0 Å². The van der Waals surface area contributed by atoms with Crippen molar-refractivity contribution in [2.75, 3.05) is 20.1 Å². The van der Waals surface area contributed by atoms with Crippen LogP contribution < -0.4 is 5.32 Å². The van der Waals surface area contributed by atoms with Gasteiger partial charge in [-0.1, -0.05) is 12.2 Å². The zero-order chi connectivity index (χ0) is 11.8. The first kappa shape index (κ1) is 13.2. The van der Waals surface area contributed by atoms with Crippen LogP contribution in [0, 0.1) is 0 Å². The maximum absolute atomic E-state index is 3.78. The highest BCUT2D eigenvalue weighted by Gasteiger charge is 2.04. The van der Waals surface area contributed by atoms with Crippen LogP contribution in [-0.4, -0.2) is 25.0 Å². The third kappa shape index (κ3) is 4.31. The van der Waals surface area contributed by atoms with Crippen molar-refractivity contribution in [3.05, 3.63) is 47.2 Å². The lowest BCUT2D eigenvalue weighted by atomic mass is 10.3. The first-order chi connectivity index (χ1) is 7.80. The quantitative estimate of drug-likeness (QED) is 0.698. The SMILES string of the molecule is C=CCN(CC=C)Cc1ccc(CNC)s1. The minimum Gasteiger partial charge on any atom is -0.315 e. The Hall–Kier alpha value is -0.900. The maximum Gasteiger partial charge on any atom is 0.0334 e. The molecule has 88 valence electrons. The second-order valence-electron chi connectivity index (χ2n) is 3.67. The van der Waals surface area contributed by atoms with E-state index in [9.17, 15) is 0 Å². The fourth-order valence-corrected chi connectivity index (χ4v) is 2.64. The summed E-state index contributed by atoms with van der Waals surface area (Å²) in [7, 11) is 1.97. The van der Waals surface area contributed by atoms with Crippen molar-refractivity contribution in [3.63, 3.8) is 0 Å². The molecule has 0 saturated heterocycles. The number of nitrogens with zero attached hydrogens (tertiary/aromatic N) is 1. The van der Waals surface area contributed by atoms with Crippen LogP contribution in [-0.2, 0) is 13.1 Å². The van der Waals surface area contributed by atoms with Gasteiger partial charge in [0.25, 0.3) is 0 Å². The van der Waals surface area contributed by atoms with E-state index in [1.807, 2.05) is 30.5 Å². The summed E-state index contributed by atoms with van der Waals surface area (Å²) in [4.78, 5) is 5.10. The van der Waals surface area contributed by atoms with Gasteiger partial charge < -0.3 is 5.32 Å². The molecule has 0 aromatic carbocycles. The summed E-state index contributed by atoms with van der Waals surface area (Å²) in [5.74, 6) is 0. The molecule has 0 unspecified atom stereocenters. The first-order valence-corrected chi connectivity index (χ1v) is 6.28.